The van der Waals surface area contributed by atoms with Crippen molar-refractivity contribution in [3.05, 3.63) is 0 Å². The highest BCUT2D eigenvalue weighted by molar-refractivity contribution is 5.78. The maximum absolute atomic E-state index is 11.3. The lowest BCUT2D eigenvalue weighted by molar-refractivity contribution is -0.131. The molecule has 1 aliphatic heterocycles. The molecule has 2 unspecified atom stereocenters. The zero-order valence-corrected chi connectivity index (χ0v) is 7.86. The molecule has 0 spiro atoms. The Morgan fingerprint density at radius 3 is 3.00 bits per heavy atom. The average molecular weight is 181 g/mol. The lowest BCUT2D eigenvalue weighted by Crippen LogP contribution is -2.49. The predicted molar refractivity (Wildman–Crippen MR) is 48.6 cm³/mol. The van der Waals surface area contributed by atoms with Crippen LogP contribution in [0.3, 0.4) is 0 Å². The Labute approximate surface area is 78.3 Å². The molecule has 4 nitrogen and oxygen atoms in total. The lowest BCUT2D eigenvalue weighted by Gasteiger charge is -2.34. The molecule has 2 N–H and O–H groups in total. The summed E-state index contributed by atoms with van der Waals surface area (Å²) in [5.41, 5.74) is 5.83. The summed E-state index contributed by atoms with van der Waals surface area (Å²) in [6.07, 6.45) is 0.916. The summed E-state index contributed by atoms with van der Waals surface area (Å²) in [7, 11) is 0. The van der Waals surface area contributed by atoms with Crippen LogP contribution in [-0.2, 0) is 4.79 Å². The molecule has 0 saturated carbocycles. The Balaban J connectivity index is 2.46. The van der Waals surface area contributed by atoms with Crippen LogP contribution in [0.1, 0.15) is 19.8 Å². The number of hydrogen-bond acceptors (Lipinski definition) is 3. The zero-order valence-electron chi connectivity index (χ0n) is 7.86. The highest BCUT2D eigenvalue weighted by Crippen LogP contribution is 2.15. The molecule has 0 radical (unpaired) electrons. The van der Waals surface area contributed by atoms with Crippen LogP contribution >= 0.6 is 0 Å². The van der Waals surface area contributed by atoms with Gasteiger partial charge in [-0.25, -0.2) is 0 Å². The second kappa shape index (κ2) is 4.24. The van der Waals surface area contributed by atoms with E-state index in [9.17, 15) is 4.79 Å². The fourth-order valence-electron chi connectivity index (χ4n) is 1.51. The maximum Gasteiger partial charge on any atom is 0.236 e. The number of amides is 1. The predicted octanol–water partition coefficient (Wildman–Crippen LogP) is 0.0958. The van der Waals surface area contributed by atoms with Crippen molar-refractivity contribution in [2.75, 3.05) is 13.1 Å². The molecule has 0 aromatic carbocycles. The van der Waals surface area contributed by atoms with Crippen LogP contribution in [0.15, 0.2) is 0 Å². The first-order valence-corrected chi connectivity index (χ1v) is 4.55. The van der Waals surface area contributed by atoms with E-state index in [-0.39, 0.29) is 18.4 Å². The molecule has 1 rings (SSSR count). The van der Waals surface area contributed by atoms with Gasteiger partial charge in [0.15, 0.2) is 0 Å². The molecule has 1 amide bonds. The number of nitrogens with two attached hydrogens (primary N) is 1. The van der Waals surface area contributed by atoms with Gasteiger partial charge in [-0.2, -0.15) is 5.26 Å². The van der Waals surface area contributed by atoms with E-state index in [0.717, 1.165) is 13.0 Å². The van der Waals surface area contributed by atoms with Crippen LogP contribution in [0.5, 0.6) is 0 Å². The minimum Gasteiger partial charge on any atom is -0.340 e. The number of nitriles is 1. The summed E-state index contributed by atoms with van der Waals surface area (Å²) in [6, 6.07) is 1.92. The van der Waals surface area contributed by atoms with Crippen molar-refractivity contribution >= 4 is 5.91 Å². The molecule has 1 saturated heterocycles. The van der Waals surface area contributed by atoms with Crippen LogP contribution in [0, 0.1) is 17.2 Å². The number of nitrogens with zero attached hydrogens (tertiary/aromatic N) is 2. The number of carbonyl (C=O) groups excluding carboxylic acids is 1. The van der Waals surface area contributed by atoms with Crippen molar-refractivity contribution in [2.24, 2.45) is 11.7 Å². The van der Waals surface area contributed by atoms with Crippen LogP contribution < -0.4 is 5.73 Å². The molecule has 1 fully saturated rings. The van der Waals surface area contributed by atoms with E-state index in [1.807, 2.05) is 6.07 Å². The van der Waals surface area contributed by atoms with Crippen molar-refractivity contribution in [1.29, 1.82) is 5.26 Å². The zero-order chi connectivity index (χ0) is 9.84. The van der Waals surface area contributed by atoms with E-state index in [2.05, 4.69) is 6.92 Å². The molecular formula is C9H15N3O. The number of rotatable bonds is 1. The van der Waals surface area contributed by atoms with E-state index < -0.39 is 0 Å². The molecule has 0 aromatic heterocycles. The van der Waals surface area contributed by atoms with Crippen molar-refractivity contribution in [2.45, 2.75) is 25.8 Å². The molecule has 1 aliphatic rings. The Hall–Kier alpha value is -1.08. The van der Waals surface area contributed by atoms with Gasteiger partial charge in [0, 0.05) is 19.1 Å². The van der Waals surface area contributed by atoms with Gasteiger partial charge in [0.05, 0.1) is 6.07 Å². The fraction of sp³-hybridized carbons (Fsp3) is 0.778. The molecule has 4 heteroatoms. The molecule has 72 valence electrons. The molecule has 13 heavy (non-hydrogen) atoms. The minimum atomic E-state index is -0.0927. The molecule has 0 aromatic rings. The van der Waals surface area contributed by atoms with Crippen molar-refractivity contribution in [3.63, 3.8) is 0 Å². The van der Waals surface area contributed by atoms with Gasteiger partial charge >= 0.3 is 0 Å². The van der Waals surface area contributed by atoms with E-state index in [1.165, 1.54) is 0 Å². The minimum absolute atomic E-state index is 0.0267. The first-order chi connectivity index (χ1) is 6.15. The number of likely N-dealkylation sites (tertiary alicyclic amines) is 1. The number of hydrogen-bond donors (Lipinski definition) is 1. The summed E-state index contributed by atoms with van der Waals surface area (Å²) >= 11 is 0. The van der Waals surface area contributed by atoms with Crippen LogP contribution in [0.2, 0.25) is 0 Å². The van der Waals surface area contributed by atoms with Gasteiger partial charge in [-0.3, -0.25) is 4.79 Å². The summed E-state index contributed by atoms with van der Waals surface area (Å²) < 4.78 is 0. The van der Waals surface area contributed by atoms with Gasteiger partial charge in [0.2, 0.25) is 5.91 Å². The van der Waals surface area contributed by atoms with E-state index in [0.29, 0.717) is 12.5 Å². The standard InChI is InChI=1S/C9H15N3O/c1-7-3-5-12(6-8(7)11)9(13)2-4-10/h7-8H,2-3,5-6,11H2,1H3. The third-order valence-electron chi connectivity index (χ3n) is 2.60. The quantitative estimate of drug-likeness (QED) is 0.623. The van der Waals surface area contributed by atoms with Gasteiger partial charge in [-0.15, -0.1) is 0 Å². The monoisotopic (exact) mass is 181 g/mol. The number of carbonyl (C=O) groups is 1. The Kier molecular flexibility index (Phi) is 3.26. The average Bonchev–Trinajstić information content (AvgIpc) is 2.10. The summed E-state index contributed by atoms with van der Waals surface area (Å²) in [6.45, 7) is 3.44. The Morgan fingerprint density at radius 1 is 1.77 bits per heavy atom. The molecular weight excluding hydrogens is 166 g/mol. The van der Waals surface area contributed by atoms with Crippen LogP contribution in [-0.4, -0.2) is 29.9 Å². The maximum atomic E-state index is 11.3. The molecule has 1 heterocycles. The third-order valence-corrected chi connectivity index (χ3v) is 2.60. The van der Waals surface area contributed by atoms with Gasteiger partial charge in [-0.1, -0.05) is 6.92 Å². The first-order valence-electron chi connectivity index (χ1n) is 4.55. The van der Waals surface area contributed by atoms with Crippen LogP contribution in [0.4, 0.5) is 0 Å². The topological polar surface area (TPSA) is 70.1 Å². The molecule has 0 aliphatic carbocycles. The van der Waals surface area contributed by atoms with Crippen LogP contribution in [0.25, 0.3) is 0 Å². The van der Waals surface area contributed by atoms with Gasteiger partial charge < -0.3 is 10.6 Å². The highest BCUT2D eigenvalue weighted by atomic mass is 16.2. The second-order valence-corrected chi connectivity index (χ2v) is 3.60. The number of piperidine rings is 1. The van der Waals surface area contributed by atoms with Crippen molar-refractivity contribution in [1.82, 2.24) is 4.90 Å². The third kappa shape index (κ3) is 2.43. The van der Waals surface area contributed by atoms with Gasteiger partial charge in [-0.05, 0) is 12.3 Å². The van der Waals surface area contributed by atoms with Gasteiger partial charge in [0.25, 0.3) is 0 Å². The van der Waals surface area contributed by atoms with E-state index in [4.69, 9.17) is 11.0 Å². The highest BCUT2D eigenvalue weighted by Gasteiger charge is 2.25. The Morgan fingerprint density at radius 2 is 2.46 bits per heavy atom. The van der Waals surface area contributed by atoms with E-state index in [1.54, 1.807) is 4.90 Å². The fourth-order valence-corrected chi connectivity index (χ4v) is 1.51. The van der Waals surface area contributed by atoms with E-state index >= 15 is 0 Å². The second-order valence-electron chi connectivity index (χ2n) is 3.60. The lowest BCUT2D eigenvalue weighted by atomic mass is 9.94. The SMILES string of the molecule is CC1CCN(C(=O)CC#N)CC1N. The summed E-state index contributed by atoms with van der Waals surface area (Å²) in [4.78, 5) is 13.0. The largest absolute Gasteiger partial charge is 0.340 e. The normalized spacial score (nSPS) is 28.2. The Bertz CT molecular complexity index is 234. The molecule has 0 bridgehead atoms. The first kappa shape index (κ1) is 10.0. The summed E-state index contributed by atoms with van der Waals surface area (Å²) in [5.74, 6) is 0.385. The summed E-state index contributed by atoms with van der Waals surface area (Å²) in [5, 5.41) is 8.36. The van der Waals surface area contributed by atoms with Crippen molar-refractivity contribution in [3.8, 4) is 6.07 Å². The molecule has 2 atom stereocenters. The van der Waals surface area contributed by atoms with Crippen molar-refractivity contribution < 1.29 is 4.79 Å². The van der Waals surface area contributed by atoms with Gasteiger partial charge in [0.1, 0.15) is 6.42 Å². The smallest absolute Gasteiger partial charge is 0.236 e.